The van der Waals surface area contributed by atoms with Gasteiger partial charge in [-0.15, -0.1) is 11.3 Å². The summed E-state index contributed by atoms with van der Waals surface area (Å²) in [4.78, 5) is 54.1. The maximum Gasteiger partial charge on any atom is 0.408 e. The zero-order valence-electron chi connectivity index (χ0n) is 38.0. The van der Waals surface area contributed by atoms with Crippen molar-refractivity contribution < 1.29 is 51.2 Å². The summed E-state index contributed by atoms with van der Waals surface area (Å²) in [5, 5.41) is 10.8. The molecule has 356 valence electrons. The molecular weight excluding hydrogens is 917 g/mol. The molecule has 0 bridgehead atoms. The van der Waals surface area contributed by atoms with E-state index in [4.69, 9.17) is 45.0 Å². The van der Waals surface area contributed by atoms with E-state index in [1.807, 2.05) is 19.2 Å². The third-order valence-electron chi connectivity index (χ3n) is 11.5. The number of hydrogen-bond donors (Lipinski definition) is 3. The van der Waals surface area contributed by atoms with Gasteiger partial charge in [0.2, 0.25) is 19.2 Å². The van der Waals surface area contributed by atoms with Crippen molar-refractivity contribution in [3.05, 3.63) is 76.2 Å². The first-order chi connectivity index (χ1) is 31.3. The minimum atomic E-state index is -4.16. The van der Waals surface area contributed by atoms with Gasteiger partial charge in [0.25, 0.3) is 0 Å². The molecule has 2 fully saturated rings. The van der Waals surface area contributed by atoms with Crippen LogP contribution < -0.4 is 25.4 Å². The molecule has 3 amide bonds. The summed E-state index contributed by atoms with van der Waals surface area (Å²) in [6.45, 7) is 10.9. The number of carbonyl (C=O) groups excluding carboxylic acids is 3. The number of rotatable bonds is 12. The molecule has 4 heterocycles. The molecule has 15 nitrogen and oxygen atoms in total. The van der Waals surface area contributed by atoms with Gasteiger partial charge in [-0.1, -0.05) is 29.8 Å². The van der Waals surface area contributed by atoms with E-state index in [9.17, 15) is 9.59 Å². The molecule has 3 aliphatic rings. The Morgan fingerprint density at radius 2 is 1.88 bits per heavy atom. The first-order valence-corrected chi connectivity index (χ1v) is 25.0. The first-order valence-electron chi connectivity index (χ1n) is 21.9. The quantitative estimate of drug-likeness (QED) is 0.0907. The van der Waals surface area contributed by atoms with E-state index in [1.54, 1.807) is 58.0 Å². The summed E-state index contributed by atoms with van der Waals surface area (Å²) in [7, 11) is -2.67. The summed E-state index contributed by atoms with van der Waals surface area (Å²) in [6, 6.07) is 6.22. The Morgan fingerprint density at radius 1 is 1.12 bits per heavy atom. The summed E-state index contributed by atoms with van der Waals surface area (Å²) in [5.74, 6) is -2.84. The van der Waals surface area contributed by atoms with Gasteiger partial charge in [0.1, 0.15) is 62.9 Å². The molecule has 3 N–H and O–H groups in total. The molecule has 6 atom stereocenters. The van der Waals surface area contributed by atoms with Crippen LogP contribution in [0.5, 0.6) is 11.5 Å². The van der Waals surface area contributed by atoms with Crippen molar-refractivity contribution in [3.63, 3.8) is 0 Å². The molecule has 2 unspecified atom stereocenters. The van der Waals surface area contributed by atoms with Gasteiger partial charge >= 0.3 is 6.09 Å². The lowest BCUT2D eigenvalue weighted by atomic mass is 10.1. The Morgan fingerprint density at radius 3 is 2.58 bits per heavy atom. The highest BCUT2D eigenvalue weighted by Gasteiger charge is 2.67. The molecule has 1 aliphatic carbocycles. The molecule has 1 saturated carbocycles. The van der Waals surface area contributed by atoms with Crippen molar-refractivity contribution in [3.8, 4) is 22.9 Å². The number of nitrogens with one attached hydrogen (secondary N) is 3. The monoisotopic (exact) mass is 972 g/mol. The fourth-order valence-electron chi connectivity index (χ4n) is 8.41. The molecule has 4 aromatic rings. The minimum Gasteiger partial charge on any atom is -0.495 e. The topological polar surface area (TPSA) is 180 Å². The zero-order chi connectivity index (χ0) is 47.6. The smallest absolute Gasteiger partial charge is 0.408 e. The van der Waals surface area contributed by atoms with Gasteiger partial charge < -0.3 is 44.3 Å². The minimum absolute atomic E-state index is 0.0259. The van der Waals surface area contributed by atoms with Crippen LogP contribution in [0.25, 0.3) is 22.3 Å². The van der Waals surface area contributed by atoms with Crippen LogP contribution in [0.2, 0.25) is 5.02 Å². The summed E-state index contributed by atoms with van der Waals surface area (Å²) in [5.41, 5.74) is 0.0587. The molecule has 0 radical (unpaired) electrons. The molecule has 7 rings (SSSR count). The van der Waals surface area contributed by atoms with E-state index in [0.717, 1.165) is 12.1 Å². The fraction of sp³-hybridized carbons (Fsp3) is 0.500. The predicted octanol–water partition coefficient (Wildman–Crippen LogP) is 9.07. The molecular formula is C46H56ClF2N6O9PS. The van der Waals surface area contributed by atoms with Crippen LogP contribution in [0.4, 0.5) is 18.7 Å². The van der Waals surface area contributed by atoms with Gasteiger partial charge in [-0.3, -0.25) is 14.2 Å². The number of fused-ring (bicyclic) bond motifs is 3. The number of hydrogen-bond acceptors (Lipinski definition) is 13. The summed E-state index contributed by atoms with van der Waals surface area (Å²) < 4.78 is 75.4. The van der Waals surface area contributed by atoms with Crippen LogP contribution in [0.15, 0.2) is 53.9 Å². The number of aromatic nitrogens is 2. The van der Waals surface area contributed by atoms with E-state index < -0.39 is 83.6 Å². The number of amides is 3. The van der Waals surface area contributed by atoms with Crippen molar-refractivity contribution in [2.75, 3.05) is 38.8 Å². The SMILES string of the molecule is CCOP(=O)(Cc1c(F)cccc1F)[C@@]12C[C@H]1CCOCC=CCC(NC(=O)OC(C)(C)C)C(=O)N1C[C@H](Oc3cc(-c4csc(NC(C)C)n4)nc4c(Cl)c(OC)ccc34)C[C@H]1C(=O)N2. The second-order valence-corrected chi connectivity index (χ2v) is 21.8. The number of benzene rings is 2. The van der Waals surface area contributed by atoms with Gasteiger partial charge in [-0.25, -0.2) is 23.5 Å². The van der Waals surface area contributed by atoms with Crippen molar-refractivity contribution >= 4 is 64.2 Å². The first kappa shape index (κ1) is 49.0. The Labute approximate surface area is 391 Å². The van der Waals surface area contributed by atoms with Crippen molar-refractivity contribution in [2.24, 2.45) is 5.92 Å². The average molecular weight is 973 g/mol. The number of carbonyl (C=O) groups is 3. The second kappa shape index (κ2) is 20.2. The Balaban J connectivity index is 1.29. The van der Waals surface area contributed by atoms with Gasteiger partial charge in [0.15, 0.2) is 5.13 Å². The number of ether oxygens (including phenoxy) is 4. The van der Waals surface area contributed by atoms with Crippen LogP contribution >= 0.6 is 30.3 Å². The number of alkyl carbamates (subject to hydrolysis) is 1. The van der Waals surface area contributed by atoms with E-state index in [-0.39, 0.29) is 56.7 Å². The number of halogens is 3. The number of nitrogens with zero attached hydrogens (tertiary/aromatic N) is 3. The van der Waals surface area contributed by atoms with E-state index in [2.05, 4.69) is 16.0 Å². The fourth-order valence-corrected chi connectivity index (χ4v) is 12.8. The molecule has 0 spiro atoms. The lowest BCUT2D eigenvalue weighted by molar-refractivity contribution is -0.140. The molecule has 20 heteroatoms. The van der Waals surface area contributed by atoms with Crippen LogP contribution in [-0.2, 0) is 34.3 Å². The van der Waals surface area contributed by atoms with E-state index >= 15 is 18.1 Å². The number of thiazole rings is 1. The number of pyridine rings is 1. The van der Waals surface area contributed by atoms with Crippen LogP contribution in [0, 0.1) is 17.6 Å². The third-order valence-corrected chi connectivity index (χ3v) is 15.9. The Kier molecular flexibility index (Phi) is 15.0. The molecule has 66 heavy (non-hydrogen) atoms. The molecule has 2 aliphatic heterocycles. The molecule has 2 aromatic heterocycles. The normalized spacial score (nSPS) is 23.5. The van der Waals surface area contributed by atoms with Crippen molar-refractivity contribution in [1.29, 1.82) is 0 Å². The summed E-state index contributed by atoms with van der Waals surface area (Å²) in [6.07, 6.45) is 1.59. The number of methoxy groups -OCH3 is 1. The van der Waals surface area contributed by atoms with E-state index in [0.29, 0.717) is 45.3 Å². The van der Waals surface area contributed by atoms with Crippen LogP contribution in [-0.4, -0.2) is 101 Å². The maximum absolute atomic E-state index is 15.3. The van der Waals surface area contributed by atoms with Crippen molar-refractivity contribution in [2.45, 2.75) is 108 Å². The zero-order valence-corrected chi connectivity index (χ0v) is 40.4. The highest BCUT2D eigenvalue weighted by Crippen LogP contribution is 2.74. The Hall–Kier alpha value is -4.87. The number of anilines is 1. The van der Waals surface area contributed by atoms with Gasteiger partial charge in [-0.05, 0) is 91.0 Å². The van der Waals surface area contributed by atoms with Crippen LogP contribution in [0.3, 0.4) is 0 Å². The van der Waals surface area contributed by atoms with Gasteiger partial charge in [0, 0.05) is 41.5 Å². The maximum atomic E-state index is 15.3. The molecule has 1 saturated heterocycles. The van der Waals surface area contributed by atoms with E-state index in [1.165, 1.54) is 29.4 Å². The Bertz CT molecular complexity index is 2520. The lowest BCUT2D eigenvalue weighted by Crippen LogP contribution is -2.55. The third kappa shape index (κ3) is 10.8. The average Bonchev–Trinajstić information content (AvgIpc) is 3.51. The largest absolute Gasteiger partial charge is 0.495 e. The standard InChI is InChI=1S/C46H56ClF2N6O9PS/c1-8-62-65(59,24-30-31(48)12-11-13-32(30)49)46-22-27(46)17-19-61-18-10-9-14-33(53-44(58)64-45(4,5)6)42(57)55-23-28(20-36(55)41(56)54-46)63-38-21-34(35-25-66-43(52-35)50-26(2)3)51-40-29(38)15-16-37(60-7)39(40)47/h9-13,15-16,21,25-28,33,36H,8,14,17-20,22-24H2,1-7H3,(H,50,52)(H,53,58)(H,54,56)/t27-,28-,33?,36+,46+,65?/m1/s1. The van der Waals surface area contributed by atoms with Gasteiger partial charge in [-0.2, -0.15) is 0 Å². The van der Waals surface area contributed by atoms with Crippen LogP contribution in [0.1, 0.15) is 72.8 Å². The molecule has 2 aromatic carbocycles. The highest BCUT2D eigenvalue weighted by atomic mass is 35.5. The predicted molar refractivity (Wildman–Crippen MR) is 248 cm³/mol. The second-order valence-electron chi connectivity index (χ2n) is 17.8. The highest BCUT2D eigenvalue weighted by molar-refractivity contribution is 7.60. The van der Waals surface area contributed by atoms with Gasteiger partial charge in [0.05, 0.1) is 44.2 Å². The van der Waals surface area contributed by atoms with Crippen molar-refractivity contribution in [1.82, 2.24) is 25.5 Å². The lowest BCUT2D eigenvalue weighted by Gasteiger charge is -2.33. The summed E-state index contributed by atoms with van der Waals surface area (Å²) >= 11 is 8.28.